The maximum absolute atomic E-state index is 12.3. The van der Waals surface area contributed by atoms with E-state index in [-0.39, 0.29) is 11.4 Å². The summed E-state index contributed by atoms with van der Waals surface area (Å²) in [5.74, 6) is 0.331. The number of rotatable bonds is 5. The average Bonchev–Trinajstić information content (AvgIpc) is 3.19. The van der Waals surface area contributed by atoms with E-state index in [4.69, 9.17) is 10.5 Å². The lowest BCUT2D eigenvalue weighted by molar-refractivity contribution is -0.144. The fraction of sp³-hybridized carbons (Fsp3) is 0.647. The Morgan fingerprint density at radius 3 is 2.48 bits per heavy atom. The summed E-state index contributed by atoms with van der Waals surface area (Å²) in [6.45, 7) is -0.544. The van der Waals surface area contributed by atoms with Crippen molar-refractivity contribution in [2.75, 3.05) is 12.3 Å². The average molecular weight is 349 g/mol. The lowest BCUT2D eigenvalue weighted by atomic mass is 9.86. The van der Waals surface area contributed by atoms with Crippen LogP contribution in [0, 0.1) is 17.8 Å². The Kier molecular flexibility index (Phi) is 4.53. The van der Waals surface area contributed by atoms with Crippen molar-refractivity contribution in [1.29, 1.82) is 0 Å². The van der Waals surface area contributed by atoms with Crippen molar-refractivity contribution < 1.29 is 14.3 Å². The third kappa shape index (κ3) is 3.12. The summed E-state index contributed by atoms with van der Waals surface area (Å²) in [4.78, 5) is 48.2. The fourth-order valence-electron chi connectivity index (χ4n) is 4.24. The molecule has 1 aromatic rings. The third-order valence-electron chi connectivity index (χ3n) is 5.67. The van der Waals surface area contributed by atoms with Crippen molar-refractivity contribution in [2.45, 2.75) is 32.1 Å². The molecule has 2 aliphatic rings. The first-order valence-electron chi connectivity index (χ1n) is 8.54. The van der Waals surface area contributed by atoms with Gasteiger partial charge in [-0.25, -0.2) is 4.79 Å². The van der Waals surface area contributed by atoms with Gasteiger partial charge in [0.1, 0.15) is 11.4 Å². The van der Waals surface area contributed by atoms with E-state index in [1.54, 1.807) is 0 Å². The number of hydrogen-bond acceptors (Lipinski definition) is 6. The molecule has 3 rings (SSSR count). The molecule has 3 atom stereocenters. The normalized spacial score (nSPS) is 24.5. The van der Waals surface area contributed by atoms with Crippen molar-refractivity contribution in [2.24, 2.45) is 31.8 Å². The van der Waals surface area contributed by atoms with Crippen molar-refractivity contribution in [3.8, 4) is 0 Å². The highest BCUT2D eigenvalue weighted by molar-refractivity contribution is 6.01. The maximum Gasteiger partial charge on any atom is 0.332 e. The number of fused-ring (bicyclic) bond motifs is 2. The summed E-state index contributed by atoms with van der Waals surface area (Å²) in [5, 5.41) is 0. The lowest BCUT2D eigenvalue weighted by Gasteiger charge is -2.20. The molecule has 0 amide bonds. The van der Waals surface area contributed by atoms with Gasteiger partial charge in [-0.1, -0.05) is 6.42 Å². The van der Waals surface area contributed by atoms with Gasteiger partial charge in [0.2, 0.25) is 5.78 Å². The number of ketones is 1. The Morgan fingerprint density at radius 1 is 1.16 bits per heavy atom. The first-order valence-corrected chi connectivity index (χ1v) is 8.54. The molecule has 0 radical (unpaired) electrons. The van der Waals surface area contributed by atoms with Gasteiger partial charge in [-0.05, 0) is 37.0 Å². The molecule has 2 saturated carbocycles. The topological polar surface area (TPSA) is 113 Å². The van der Waals surface area contributed by atoms with E-state index in [1.807, 2.05) is 0 Å². The van der Waals surface area contributed by atoms with Gasteiger partial charge in [0.25, 0.3) is 5.56 Å². The lowest BCUT2D eigenvalue weighted by Crippen LogP contribution is -2.42. The number of Topliss-reactive ketones (excluding diaryl/α,β-unsaturated/α-hetero) is 1. The summed E-state index contributed by atoms with van der Waals surface area (Å²) >= 11 is 0. The molecule has 8 heteroatoms. The summed E-state index contributed by atoms with van der Waals surface area (Å²) in [5.41, 5.74) is 4.00. The molecule has 2 aliphatic carbocycles. The summed E-state index contributed by atoms with van der Waals surface area (Å²) in [6, 6.07) is 0. The first-order chi connectivity index (χ1) is 11.8. The van der Waals surface area contributed by atoms with Crippen LogP contribution in [0.5, 0.6) is 0 Å². The van der Waals surface area contributed by atoms with Gasteiger partial charge >= 0.3 is 11.7 Å². The zero-order chi connectivity index (χ0) is 18.3. The van der Waals surface area contributed by atoms with Gasteiger partial charge in [0.15, 0.2) is 6.61 Å². The molecule has 136 valence electrons. The number of ether oxygens (including phenoxy) is 1. The van der Waals surface area contributed by atoms with E-state index in [2.05, 4.69) is 0 Å². The van der Waals surface area contributed by atoms with Crippen LogP contribution < -0.4 is 17.0 Å². The van der Waals surface area contributed by atoms with Crippen LogP contribution in [0.3, 0.4) is 0 Å². The van der Waals surface area contributed by atoms with E-state index in [1.165, 1.54) is 33.4 Å². The smallest absolute Gasteiger partial charge is 0.332 e. The Balaban J connectivity index is 1.64. The predicted molar refractivity (Wildman–Crippen MR) is 90.2 cm³/mol. The highest BCUT2D eigenvalue weighted by Gasteiger charge is 2.40. The van der Waals surface area contributed by atoms with E-state index < -0.39 is 29.6 Å². The SMILES string of the molecule is Cn1c(N)c(C(=O)COC(=O)C[C@@H]2C[C@H]3CC[C@@H]2C3)c(=O)n(C)c1=O. The molecule has 25 heavy (non-hydrogen) atoms. The Labute approximate surface area is 144 Å². The summed E-state index contributed by atoms with van der Waals surface area (Å²) < 4.78 is 6.89. The van der Waals surface area contributed by atoms with Gasteiger partial charge in [0, 0.05) is 20.5 Å². The van der Waals surface area contributed by atoms with Gasteiger partial charge < -0.3 is 10.5 Å². The second-order valence-corrected chi connectivity index (χ2v) is 7.19. The Hall–Kier alpha value is -2.38. The number of nitrogen functional groups attached to an aromatic ring is 1. The number of anilines is 1. The fourth-order valence-corrected chi connectivity index (χ4v) is 4.24. The van der Waals surface area contributed by atoms with E-state index in [0.29, 0.717) is 18.3 Å². The van der Waals surface area contributed by atoms with Crippen molar-refractivity contribution in [3.05, 3.63) is 26.4 Å². The molecule has 0 spiro atoms. The van der Waals surface area contributed by atoms with Crippen LogP contribution >= 0.6 is 0 Å². The molecular formula is C17H23N3O5. The number of hydrogen-bond donors (Lipinski definition) is 1. The molecule has 2 N–H and O–H groups in total. The first kappa shape index (κ1) is 17.4. The van der Waals surface area contributed by atoms with Crippen LogP contribution in [-0.4, -0.2) is 27.5 Å². The van der Waals surface area contributed by atoms with E-state index in [0.717, 1.165) is 21.5 Å². The number of nitrogens with zero attached hydrogens (tertiary/aromatic N) is 2. The summed E-state index contributed by atoms with van der Waals surface area (Å²) in [7, 11) is 2.64. The Bertz CT molecular complexity index is 838. The monoisotopic (exact) mass is 349 g/mol. The van der Waals surface area contributed by atoms with Crippen LogP contribution in [0.2, 0.25) is 0 Å². The molecule has 2 fully saturated rings. The minimum atomic E-state index is -0.783. The molecule has 8 nitrogen and oxygen atoms in total. The van der Waals surface area contributed by atoms with Gasteiger partial charge in [0.05, 0.1) is 0 Å². The highest BCUT2D eigenvalue weighted by atomic mass is 16.5. The molecule has 0 saturated heterocycles. The zero-order valence-corrected chi connectivity index (χ0v) is 14.5. The number of esters is 1. The highest BCUT2D eigenvalue weighted by Crippen LogP contribution is 2.49. The van der Waals surface area contributed by atoms with Gasteiger partial charge in [-0.2, -0.15) is 0 Å². The molecule has 2 bridgehead atoms. The van der Waals surface area contributed by atoms with Gasteiger partial charge in [-0.3, -0.25) is 23.5 Å². The van der Waals surface area contributed by atoms with E-state index >= 15 is 0 Å². The van der Waals surface area contributed by atoms with Crippen molar-refractivity contribution >= 4 is 17.6 Å². The van der Waals surface area contributed by atoms with Crippen LogP contribution in [0.1, 0.15) is 42.5 Å². The van der Waals surface area contributed by atoms with Crippen LogP contribution in [0.15, 0.2) is 9.59 Å². The van der Waals surface area contributed by atoms with Crippen LogP contribution in [0.25, 0.3) is 0 Å². The second kappa shape index (κ2) is 6.50. The minimum Gasteiger partial charge on any atom is -0.457 e. The molecule has 1 aromatic heterocycles. The largest absolute Gasteiger partial charge is 0.457 e. The number of carbonyl (C=O) groups is 2. The molecular weight excluding hydrogens is 326 g/mol. The molecule has 0 unspecified atom stereocenters. The van der Waals surface area contributed by atoms with Crippen LogP contribution in [0.4, 0.5) is 5.82 Å². The predicted octanol–water partition coefficient (Wildman–Crippen LogP) is 0.218. The quantitative estimate of drug-likeness (QED) is 0.601. The van der Waals surface area contributed by atoms with Gasteiger partial charge in [-0.15, -0.1) is 0 Å². The maximum atomic E-state index is 12.3. The minimum absolute atomic E-state index is 0.220. The second-order valence-electron chi connectivity index (χ2n) is 7.19. The number of nitrogens with two attached hydrogens (primary N) is 1. The molecule has 0 aromatic carbocycles. The van der Waals surface area contributed by atoms with Crippen molar-refractivity contribution in [1.82, 2.24) is 9.13 Å². The third-order valence-corrected chi connectivity index (χ3v) is 5.67. The van der Waals surface area contributed by atoms with Crippen molar-refractivity contribution in [3.63, 3.8) is 0 Å². The zero-order valence-electron chi connectivity index (χ0n) is 14.5. The number of carbonyl (C=O) groups excluding carboxylic acids is 2. The summed E-state index contributed by atoms with van der Waals surface area (Å²) in [6.07, 6.45) is 4.99. The van der Waals surface area contributed by atoms with Crippen LogP contribution in [-0.2, 0) is 23.6 Å². The van der Waals surface area contributed by atoms with E-state index in [9.17, 15) is 19.2 Å². The standard InChI is InChI=1S/C17H23N3O5/c1-19-15(18)14(16(23)20(2)17(19)24)12(21)8-25-13(22)7-11-6-9-3-4-10(11)5-9/h9-11H,3-8,18H2,1-2H3/t9-,10+,11-/m0/s1. The Morgan fingerprint density at radius 2 is 1.88 bits per heavy atom. The molecule has 1 heterocycles. The number of aromatic nitrogens is 2. The molecule has 0 aliphatic heterocycles.